The van der Waals surface area contributed by atoms with Crippen molar-refractivity contribution in [3.8, 4) is 11.8 Å². The molecule has 0 spiro atoms. The molecule has 5 aromatic carbocycles. The number of nitrogens with two attached hydrogens (primary N) is 1. The summed E-state index contributed by atoms with van der Waals surface area (Å²) >= 11 is 0. The first-order valence-electron chi connectivity index (χ1n) is 20.3. The van der Waals surface area contributed by atoms with Crippen molar-refractivity contribution in [3.05, 3.63) is 78.9 Å². The summed E-state index contributed by atoms with van der Waals surface area (Å²) in [7, 11) is -35.2. The summed E-state index contributed by atoms with van der Waals surface area (Å²) in [6.45, 7) is -2.29. The van der Waals surface area contributed by atoms with Crippen LogP contribution in [0.5, 0.6) is 11.8 Å². The number of phenolic OH excluding ortho intramolecular Hbond substituents is 1. The summed E-state index contributed by atoms with van der Waals surface area (Å²) in [6.07, 6.45) is 0. The number of para-hydroxylation sites is 1. The van der Waals surface area contributed by atoms with Crippen LogP contribution in [0.15, 0.2) is 124 Å². The number of nitrogen functional groups attached to an aromatic ring is 1. The molecular weight excluding hydrogens is 1180 g/mol. The Balaban J connectivity index is 1.45. The molecule has 40 heteroatoms. The van der Waals surface area contributed by atoms with E-state index in [1.54, 1.807) is 6.07 Å². The van der Waals surface area contributed by atoms with Gasteiger partial charge < -0.3 is 31.3 Å². The highest BCUT2D eigenvalue weighted by Gasteiger charge is 2.30. The van der Waals surface area contributed by atoms with Gasteiger partial charge >= 0.3 is 16.4 Å². The number of hydrogen-bond donors (Lipinski definition) is 10. The minimum atomic E-state index is -5.60. The zero-order chi connectivity index (χ0) is 57.3. The SMILES string of the molecule is Nc1c(N=Nc2ccc(S(=O)(=O)CCO)cc2S(=O)(=O)O)c(S(=O)(=O)O)cc2cc(S(=O)(=O)O)c(N=Nc3cc(Nc4nc(O)nc(N(CCS(=O)(=O)CCOS(=O)(=O)O)c5ccccc5)n4)ccc3S(=O)(=O)O)c(O)c12. The number of nitrogens with zero attached hydrogens (tertiary/aromatic N) is 8. The Bertz CT molecular complexity index is 4230. The number of anilines is 5. The Labute approximate surface area is 435 Å². The smallest absolute Gasteiger partial charge is 0.397 e. The van der Waals surface area contributed by atoms with E-state index in [1.165, 1.54) is 29.2 Å². The topological polar surface area (TPSA) is 539 Å². The molecule has 0 amide bonds. The largest absolute Gasteiger partial charge is 0.505 e. The molecule has 0 atom stereocenters. The Kier molecular flexibility index (Phi) is 17.0. The third-order valence-electron chi connectivity index (χ3n) is 9.98. The van der Waals surface area contributed by atoms with Crippen molar-refractivity contribution < 1.29 is 101 Å². The Hall–Kier alpha value is -7.06. The zero-order valence-electron chi connectivity index (χ0n) is 38.0. The number of rotatable bonds is 22. The molecule has 6 aromatic rings. The van der Waals surface area contributed by atoms with Crippen LogP contribution in [0.4, 0.5) is 51.7 Å². The molecule has 6 rings (SSSR count). The van der Waals surface area contributed by atoms with Crippen molar-refractivity contribution in [3.63, 3.8) is 0 Å². The lowest BCUT2D eigenvalue weighted by atomic mass is 10.1. The molecule has 77 heavy (non-hydrogen) atoms. The highest BCUT2D eigenvalue weighted by molar-refractivity contribution is 7.92. The zero-order valence-corrected chi connectivity index (χ0v) is 43.7. The quantitative estimate of drug-likeness (QED) is 0.0265. The van der Waals surface area contributed by atoms with Gasteiger partial charge in [0.25, 0.3) is 40.5 Å². The van der Waals surface area contributed by atoms with Gasteiger partial charge in [0.15, 0.2) is 25.4 Å². The van der Waals surface area contributed by atoms with Gasteiger partial charge in [0.1, 0.15) is 42.3 Å². The molecule has 414 valence electrons. The number of phenols is 1. The predicted octanol–water partition coefficient (Wildman–Crippen LogP) is 2.72. The van der Waals surface area contributed by atoms with Crippen LogP contribution < -0.4 is 16.0 Å². The highest BCUT2D eigenvalue weighted by atomic mass is 32.3. The molecule has 0 bridgehead atoms. The van der Waals surface area contributed by atoms with Crippen molar-refractivity contribution in [1.82, 2.24) is 15.0 Å². The van der Waals surface area contributed by atoms with Crippen LogP contribution in [-0.2, 0) is 74.7 Å². The van der Waals surface area contributed by atoms with E-state index >= 15 is 0 Å². The summed E-state index contributed by atoms with van der Waals surface area (Å²) in [4.78, 5) is 7.18. The van der Waals surface area contributed by atoms with Gasteiger partial charge in [-0.05, 0) is 66.0 Å². The summed E-state index contributed by atoms with van der Waals surface area (Å²) in [6, 6.07) is 11.8. The molecule has 1 heterocycles. The lowest BCUT2D eigenvalue weighted by Gasteiger charge is -2.23. The van der Waals surface area contributed by atoms with Crippen LogP contribution >= 0.6 is 0 Å². The van der Waals surface area contributed by atoms with Crippen LogP contribution in [0, 0.1) is 0 Å². The third-order valence-corrected chi connectivity index (χ3v) is 17.2. The van der Waals surface area contributed by atoms with Crippen molar-refractivity contribution in [1.29, 1.82) is 0 Å². The molecule has 0 aliphatic heterocycles. The Morgan fingerprint density at radius 3 is 1.77 bits per heavy atom. The minimum Gasteiger partial charge on any atom is -0.505 e. The van der Waals surface area contributed by atoms with E-state index in [1.807, 2.05) is 0 Å². The van der Waals surface area contributed by atoms with Crippen LogP contribution in [0.2, 0.25) is 0 Å². The molecular formula is C37H36N10O23S7. The van der Waals surface area contributed by atoms with Crippen molar-refractivity contribution >= 4 is 133 Å². The lowest BCUT2D eigenvalue weighted by molar-refractivity contribution is 0.283. The summed E-state index contributed by atoms with van der Waals surface area (Å²) in [5.74, 6) is -4.86. The molecule has 0 unspecified atom stereocenters. The first-order valence-corrected chi connectivity index (χ1v) is 30.9. The van der Waals surface area contributed by atoms with Crippen molar-refractivity contribution in [2.75, 3.05) is 53.0 Å². The van der Waals surface area contributed by atoms with Gasteiger partial charge in [-0.1, -0.05) is 18.2 Å². The van der Waals surface area contributed by atoms with E-state index in [-0.39, 0.29) is 11.4 Å². The highest BCUT2D eigenvalue weighted by Crippen LogP contribution is 2.49. The number of nitrogens with one attached hydrogen (secondary N) is 1. The molecule has 0 aliphatic rings. The maximum Gasteiger partial charge on any atom is 0.397 e. The lowest BCUT2D eigenvalue weighted by Crippen LogP contribution is -2.29. The monoisotopic (exact) mass is 1210 g/mol. The predicted molar refractivity (Wildman–Crippen MR) is 264 cm³/mol. The van der Waals surface area contributed by atoms with Crippen molar-refractivity contribution in [2.45, 2.75) is 24.5 Å². The summed E-state index contributed by atoms with van der Waals surface area (Å²) in [5.41, 5.74) is 0.918. The number of aliphatic hydroxyl groups excluding tert-OH is 1. The number of aromatic nitrogens is 3. The van der Waals surface area contributed by atoms with E-state index in [4.69, 9.17) is 15.4 Å². The Morgan fingerprint density at radius 1 is 0.597 bits per heavy atom. The first kappa shape index (κ1) is 59.2. The number of fused-ring (bicyclic) bond motifs is 1. The maximum absolute atomic E-state index is 12.8. The third kappa shape index (κ3) is 14.7. The molecule has 0 radical (unpaired) electrons. The first-order chi connectivity index (χ1) is 35.5. The van der Waals surface area contributed by atoms with E-state index in [0.717, 1.165) is 18.2 Å². The number of benzene rings is 5. The fourth-order valence-electron chi connectivity index (χ4n) is 6.63. The van der Waals surface area contributed by atoms with Gasteiger partial charge in [-0.3, -0.25) is 22.8 Å². The molecule has 1 aromatic heterocycles. The summed E-state index contributed by atoms with van der Waals surface area (Å²) in [5, 5.41) is 46.6. The molecule has 0 saturated heterocycles. The van der Waals surface area contributed by atoms with E-state index in [2.05, 4.69) is 44.9 Å². The average molecular weight is 1210 g/mol. The standard InChI is InChI=1S/C37H36N10O23S7/c38-31-30-20(16-28(75(61,62)63)32(31)45-43-24-8-7-23(72(53,54)14-11-48)19-27(24)74(58,59)60)17-29(76(64,65)66)33(34(30)49)46-44-25-18-21(6-9-26(25)73(55,56)57)39-35-40-36(42-37(50)41-35)47(22-4-2-1-3-5-22)10-13-71(51,52)15-12-70-77(67,68)69/h1-9,16-19,48-49H,10-15,38H2,(H,55,56,57)(H,58,59,60)(H,61,62,63)(H,64,65,66)(H,67,68,69)(H2,39,40,41,42,50). The van der Waals surface area contributed by atoms with Crippen LogP contribution in [0.1, 0.15) is 0 Å². The number of hydrogen-bond acceptors (Lipinski definition) is 28. The maximum atomic E-state index is 12.8. The van der Waals surface area contributed by atoms with Crippen LogP contribution in [0.3, 0.4) is 0 Å². The molecule has 0 saturated carbocycles. The normalized spacial score (nSPS) is 13.2. The number of aromatic hydroxyl groups is 2. The second-order valence-corrected chi connectivity index (χ2v) is 26.3. The molecule has 0 aliphatic carbocycles. The van der Waals surface area contributed by atoms with E-state index in [9.17, 15) is 87.3 Å². The fourth-order valence-corrected chi connectivity index (χ4v) is 11.7. The van der Waals surface area contributed by atoms with Gasteiger partial charge in [-0.15, -0.1) is 20.5 Å². The van der Waals surface area contributed by atoms with Crippen LogP contribution in [0.25, 0.3) is 10.8 Å². The van der Waals surface area contributed by atoms with Gasteiger partial charge in [0, 0.05) is 17.9 Å². The number of sulfone groups is 2. The van der Waals surface area contributed by atoms with Crippen LogP contribution in [-0.4, -0.2) is 149 Å². The van der Waals surface area contributed by atoms with Gasteiger partial charge in [0.05, 0.1) is 46.4 Å². The van der Waals surface area contributed by atoms with Crippen molar-refractivity contribution in [2.24, 2.45) is 20.5 Å². The molecule has 0 fully saturated rings. The Morgan fingerprint density at radius 2 is 1.18 bits per heavy atom. The number of aliphatic hydroxyl groups is 1. The molecule has 11 N–H and O–H groups in total. The van der Waals surface area contributed by atoms with Gasteiger partial charge in [-0.2, -0.15) is 57.0 Å². The van der Waals surface area contributed by atoms with E-state index in [0.29, 0.717) is 30.3 Å². The summed E-state index contributed by atoms with van der Waals surface area (Å²) < 4.78 is 226. The number of azo groups is 2. The minimum absolute atomic E-state index is 0.239. The van der Waals surface area contributed by atoms with Gasteiger partial charge in [0.2, 0.25) is 11.9 Å². The van der Waals surface area contributed by atoms with E-state index < -0.39 is 195 Å². The second-order valence-electron chi connectivity index (χ2n) is 15.2. The fraction of sp³-hybridized carbons (Fsp3) is 0.162. The molecule has 33 nitrogen and oxygen atoms in total. The second kappa shape index (κ2) is 22.1. The van der Waals surface area contributed by atoms with Gasteiger partial charge in [-0.25, -0.2) is 21.0 Å². The average Bonchev–Trinajstić information content (AvgIpc) is 3.29.